The molecule has 0 aliphatic heterocycles. The number of rotatable bonds is 2. The van der Waals surface area contributed by atoms with Crippen LogP contribution in [0.2, 0.25) is 5.02 Å². The first-order valence-electron chi connectivity index (χ1n) is 5.57. The lowest BCUT2D eigenvalue weighted by molar-refractivity contribution is 0.354. The van der Waals surface area contributed by atoms with Gasteiger partial charge in [-0.25, -0.2) is 0 Å². The predicted octanol–water partition coefficient (Wildman–Crippen LogP) is 4.72. The molecule has 0 spiro atoms. The second-order valence-electron chi connectivity index (χ2n) is 2.46. The van der Waals surface area contributed by atoms with Gasteiger partial charge in [-0.3, -0.25) is 0 Å². The molecule has 1 aromatic rings. The summed E-state index contributed by atoms with van der Waals surface area (Å²) in [7, 11) is 3.19. The quantitative estimate of drug-likeness (QED) is 0.752. The maximum atomic E-state index is 5.89. The van der Waals surface area contributed by atoms with Gasteiger partial charge in [-0.1, -0.05) is 39.3 Å². The molecule has 0 aliphatic carbocycles. The molecule has 0 atom stereocenters. The minimum absolute atomic E-state index is 0.660. The lowest BCUT2D eigenvalue weighted by Crippen LogP contribution is -1.91. The van der Waals surface area contributed by atoms with Crippen LogP contribution in [0.15, 0.2) is 12.1 Å². The minimum Gasteiger partial charge on any atom is -0.493 e. The Morgan fingerprint density at radius 2 is 1.25 bits per heavy atom. The van der Waals surface area contributed by atoms with Gasteiger partial charge in [0.2, 0.25) is 0 Å². The molecular formula is C13H23ClO2. The van der Waals surface area contributed by atoms with E-state index in [0.717, 1.165) is 5.56 Å². The Morgan fingerprint density at radius 3 is 1.62 bits per heavy atom. The van der Waals surface area contributed by atoms with E-state index in [1.54, 1.807) is 20.3 Å². The zero-order valence-electron chi connectivity index (χ0n) is 11.3. The standard InChI is InChI=1S/C9H11ClO2.2C2H6/c1-6-4-8(11-2)9(12-3)5-7(6)10;2*1-2/h4-5H,1-3H3;2*1-2H3. The maximum Gasteiger partial charge on any atom is 0.162 e. The molecule has 16 heavy (non-hydrogen) atoms. The molecule has 0 fully saturated rings. The highest BCUT2D eigenvalue weighted by molar-refractivity contribution is 6.31. The van der Waals surface area contributed by atoms with Gasteiger partial charge in [-0.2, -0.15) is 0 Å². The van der Waals surface area contributed by atoms with Crippen molar-refractivity contribution in [2.24, 2.45) is 0 Å². The molecule has 0 bridgehead atoms. The highest BCUT2D eigenvalue weighted by Crippen LogP contribution is 2.32. The van der Waals surface area contributed by atoms with Crippen LogP contribution in [0.5, 0.6) is 11.5 Å². The maximum absolute atomic E-state index is 5.89. The Kier molecular flexibility index (Phi) is 11.6. The fourth-order valence-electron chi connectivity index (χ4n) is 0.956. The Balaban J connectivity index is 0. The summed E-state index contributed by atoms with van der Waals surface area (Å²) in [5, 5.41) is 0.688. The van der Waals surface area contributed by atoms with E-state index in [2.05, 4.69) is 0 Å². The fourth-order valence-corrected chi connectivity index (χ4v) is 1.11. The number of methoxy groups -OCH3 is 2. The molecule has 0 heterocycles. The van der Waals surface area contributed by atoms with E-state index in [9.17, 15) is 0 Å². The first kappa shape index (κ1) is 17.5. The molecule has 0 saturated carbocycles. The molecule has 1 rings (SSSR count). The van der Waals surface area contributed by atoms with E-state index in [1.165, 1.54) is 0 Å². The number of hydrogen-bond donors (Lipinski definition) is 0. The largest absolute Gasteiger partial charge is 0.493 e. The van der Waals surface area contributed by atoms with Crippen molar-refractivity contribution in [3.05, 3.63) is 22.7 Å². The van der Waals surface area contributed by atoms with E-state index < -0.39 is 0 Å². The number of benzene rings is 1. The summed E-state index contributed by atoms with van der Waals surface area (Å²) in [5.41, 5.74) is 0.981. The van der Waals surface area contributed by atoms with E-state index in [-0.39, 0.29) is 0 Å². The Morgan fingerprint density at radius 1 is 0.875 bits per heavy atom. The monoisotopic (exact) mass is 246 g/mol. The number of halogens is 1. The third-order valence-electron chi connectivity index (χ3n) is 1.66. The van der Waals surface area contributed by atoms with Gasteiger partial charge in [-0.15, -0.1) is 0 Å². The first-order valence-corrected chi connectivity index (χ1v) is 5.95. The molecule has 0 amide bonds. The molecule has 1 aromatic carbocycles. The predicted molar refractivity (Wildman–Crippen MR) is 72.0 cm³/mol. The summed E-state index contributed by atoms with van der Waals surface area (Å²) in [6.45, 7) is 9.92. The third kappa shape index (κ3) is 5.26. The average Bonchev–Trinajstić information content (AvgIpc) is 2.37. The summed E-state index contributed by atoms with van der Waals surface area (Å²) >= 11 is 5.89. The van der Waals surface area contributed by atoms with Crippen LogP contribution in [0.3, 0.4) is 0 Å². The van der Waals surface area contributed by atoms with Crippen LogP contribution in [0.25, 0.3) is 0 Å². The topological polar surface area (TPSA) is 18.5 Å². The van der Waals surface area contributed by atoms with Crippen molar-refractivity contribution in [2.75, 3.05) is 14.2 Å². The van der Waals surface area contributed by atoms with Crippen LogP contribution in [0, 0.1) is 6.92 Å². The molecule has 0 aromatic heterocycles. The van der Waals surface area contributed by atoms with Crippen LogP contribution < -0.4 is 9.47 Å². The summed E-state index contributed by atoms with van der Waals surface area (Å²) < 4.78 is 10.2. The zero-order valence-corrected chi connectivity index (χ0v) is 12.1. The van der Waals surface area contributed by atoms with Crippen molar-refractivity contribution in [3.63, 3.8) is 0 Å². The molecule has 94 valence electrons. The summed E-state index contributed by atoms with van der Waals surface area (Å²) in [4.78, 5) is 0. The Labute approximate surface area is 105 Å². The van der Waals surface area contributed by atoms with E-state index in [0.29, 0.717) is 16.5 Å². The molecule has 3 heteroatoms. The molecular weight excluding hydrogens is 224 g/mol. The van der Waals surface area contributed by atoms with Gasteiger partial charge in [-0.05, 0) is 18.6 Å². The van der Waals surface area contributed by atoms with Gasteiger partial charge in [0.25, 0.3) is 0 Å². The van der Waals surface area contributed by atoms with E-state index in [4.69, 9.17) is 21.1 Å². The van der Waals surface area contributed by atoms with Crippen molar-refractivity contribution in [3.8, 4) is 11.5 Å². The van der Waals surface area contributed by atoms with Crippen LogP contribution in [0.4, 0.5) is 0 Å². The molecule has 0 saturated heterocycles. The molecule has 0 N–H and O–H groups in total. The van der Waals surface area contributed by atoms with Crippen LogP contribution in [-0.4, -0.2) is 14.2 Å². The SMILES string of the molecule is CC.CC.COc1cc(C)c(Cl)cc1OC. The van der Waals surface area contributed by atoms with Crippen molar-refractivity contribution >= 4 is 11.6 Å². The second-order valence-corrected chi connectivity index (χ2v) is 2.86. The first-order chi connectivity index (χ1) is 7.69. The van der Waals surface area contributed by atoms with Crippen molar-refractivity contribution in [2.45, 2.75) is 34.6 Å². The van der Waals surface area contributed by atoms with Crippen molar-refractivity contribution < 1.29 is 9.47 Å². The summed E-state index contributed by atoms with van der Waals surface area (Å²) in [6, 6.07) is 3.59. The molecule has 0 unspecified atom stereocenters. The van der Waals surface area contributed by atoms with Gasteiger partial charge in [0.15, 0.2) is 11.5 Å². The van der Waals surface area contributed by atoms with Crippen LogP contribution >= 0.6 is 11.6 Å². The van der Waals surface area contributed by atoms with Crippen LogP contribution in [0.1, 0.15) is 33.3 Å². The van der Waals surface area contributed by atoms with E-state index >= 15 is 0 Å². The third-order valence-corrected chi connectivity index (χ3v) is 2.07. The van der Waals surface area contributed by atoms with Crippen molar-refractivity contribution in [1.29, 1.82) is 0 Å². The summed E-state index contributed by atoms with van der Waals surface area (Å²) in [6.07, 6.45) is 0. The molecule has 2 nitrogen and oxygen atoms in total. The summed E-state index contributed by atoms with van der Waals surface area (Å²) in [5.74, 6) is 1.37. The van der Waals surface area contributed by atoms with Gasteiger partial charge in [0.1, 0.15) is 0 Å². The Hall–Kier alpha value is -0.890. The average molecular weight is 247 g/mol. The molecule has 0 aliphatic rings. The van der Waals surface area contributed by atoms with Crippen molar-refractivity contribution in [1.82, 2.24) is 0 Å². The smallest absolute Gasteiger partial charge is 0.162 e. The van der Waals surface area contributed by atoms with Crippen LogP contribution in [-0.2, 0) is 0 Å². The van der Waals surface area contributed by atoms with Gasteiger partial charge in [0, 0.05) is 11.1 Å². The van der Waals surface area contributed by atoms with Gasteiger partial charge >= 0.3 is 0 Å². The number of hydrogen-bond acceptors (Lipinski definition) is 2. The normalized spacial score (nSPS) is 8.00. The highest BCUT2D eigenvalue weighted by atomic mass is 35.5. The lowest BCUT2D eigenvalue weighted by Gasteiger charge is -2.08. The number of ether oxygens (including phenoxy) is 2. The molecule has 0 radical (unpaired) electrons. The van der Waals surface area contributed by atoms with Gasteiger partial charge in [0.05, 0.1) is 14.2 Å². The van der Waals surface area contributed by atoms with Gasteiger partial charge < -0.3 is 9.47 Å². The van der Waals surface area contributed by atoms with E-state index in [1.807, 2.05) is 40.7 Å². The fraction of sp³-hybridized carbons (Fsp3) is 0.538. The minimum atomic E-state index is 0.660. The number of aryl methyl sites for hydroxylation is 1. The second kappa shape index (κ2) is 10.6. The highest BCUT2D eigenvalue weighted by Gasteiger charge is 2.05. The Bertz CT molecular complexity index is 257. The zero-order chi connectivity index (χ0) is 13.1. The lowest BCUT2D eigenvalue weighted by atomic mass is 10.2.